The molecule has 10 heteroatoms. The maximum Gasteiger partial charge on any atom is 0.422 e. The predicted molar refractivity (Wildman–Crippen MR) is 123 cm³/mol. The third-order valence-electron chi connectivity index (χ3n) is 4.98. The number of hydrogen-bond donors (Lipinski definition) is 1. The lowest BCUT2D eigenvalue weighted by molar-refractivity contribution is -0.154. The molecule has 0 bridgehead atoms. The van der Waals surface area contributed by atoms with Gasteiger partial charge in [-0.3, -0.25) is 4.79 Å². The summed E-state index contributed by atoms with van der Waals surface area (Å²) in [6.45, 7) is -1.40. The zero-order chi connectivity index (χ0) is 24.8. The van der Waals surface area contributed by atoms with E-state index in [1.54, 1.807) is 29.1 Å². The van der Waals surface area contributed by atoms with Crippen LogP contribution in [0.2, 0.25) is 0 Å². The Balaban J connectivity index is 1.59. The summed E-state index contributed by atoms with van der Waals surface area (Å²) in [5.74, 6) is -0.0382. The molecule has 0 saturated carbocycles. The molecule has 2 aromatic carbocycles. The van der Waals surface area contributed by atoms with E-state index in [0.717, 1.165) is 5.69 Å². The third-order valence-corrected chi connectivity index (χ3v) is 4.98. The molecule has 4 aromatic rings. The van der Waals surface area contributed by atoms with Crippen LogP contribution in [0.5, 0.6) is 11.6 Å². The van der Waals surface area contributed by atoms with E-state index < -0.39 is 18.7 Å². The van der Waals surface area contributed by atoms with E-state index in [2.05, 4.69) is 20.1 Å². The smallest absolute Gasteiger partial charge is 0.422 e. The molecule has 0 spiro atoms. The second kappa shape index (κ2) is 10.3. The second-order valence-electron chi connectivity index (χ2n) is 7.46. The number of nitrogens with zero attached hydrogens (tertiary/aromatic N) is 3. The van der Waals surface area contributed by atoms with Crippen molar-refractivity contribution in [3.8, 4) is 28.6 Å². The zero-order valence-corrected chi connectivity index (χ0v) is 18.6. The first-order valence-electron chi connectivity index (χ1n) is 10.6. The van der Waals surface area contributed by atoms with Crippen molar-refractivity contribution in [3.63, 3.8) is 0 Å². The van der Waals surface area contributed by atoms with Gasteiger partial charge in [0.15, 0.2) is 6.61 Å². The Hall–Kier alpha value is -4.34. The minimum Gasteiger partial charge on any atom is -0.496 e. The summed E-state index contributed by atoms with van der Waals surface area (Å²) in [4.78, 5) is 17.0. The normalized spacial score (nSPS) is 11.2. The van der Waals surface area contributed by atoms with Crippen molar-refractivity contribution < 1.29 is 27.4 Å². The Kier molecular flexibility index (Phi) is 7.00. The molecule has 7 nitrogen and oxygen atoms in total. The van der Waals surface area contributed by atoms with Crippen LogP contribution >= 0.6 is 0 Å². The van der Waals surface area contributed by atoms with Gasteiger partial charge in [0.1, 0.15) is 11.4 Å². The molecule has 180 valence electrons. The molecule has 2 aromatic heterocycles. The van der Waals surface area contributed by atoms with Crippen LogP contribution < -0.4 is 14.8 Å². The summed E-state index contributed by atoms with van der Waals surface area (Å²) in [7, 11) is 1.54. The highest BCUT2D eigenvalue weighted by Crippen LogP contribution is 2.31. The molecule has 1 amide bonds. The van der Waals surface area contributed by atoms with Crippen LogP contribution in [0.4, 0.5) is 13.2 Å². The fourth-order valence-corrected chi connectivity index (χ4v) is 3.36. The minimum atomic E-state index is -4.47. The fourth-order valence-electron chi connectivity index (χ4n) is 3.36. The number of methoxy groups -OCH3 is 1. The Morgan fingerprint density at radius 1 is 1.06 bits per heavy atom. The summed E-state index contributed by atoms with van der Waals surface area (Å²) in [6.07, 6.45) is -1.53. The maximum atomic E-state index is 13.2. The molecule has 0 atom stereocenters. The van der Waals surface area contributed by atoms with Gasteiger partial charge in [-0.25, -0.2) is 9.67 Å². The number of halogens is 3. The van der Waals surface area contributed by atoms with Crippen LogP contribution in [0.3, 0.4) is 0 Å². The quantitative estimate of drug-likeness (QED) is 0.390. The first-order chi connectivity index (χ1) is 16.8. The molecule has 0 saturated heterocycles. The number of alkyl halides is 3. The Morgan fingerprint density at radius 3 is 2.54 bits per heavy atom. The summed E-state index contributed by atoms with van der Waals surface area (Å²) in [5.41, 5.74) is 2.67. The van der Waals surface area contributed by atoms with Crippen LogP contribution in [0, 0.1) is 0 Å². The molecule has 1 N–H and O–H groups in total. The number of nitrogens with one attached hydrogen (secondary N) is 1. The Labute approximate surface area is 199 Å². The molecule has 0 radical (unpaired) electrons. The molecule has 35 heavy (non-hydrogen) atoms. The van der Waals surface area contributed by atoms with E-state index >= 15 is 0 Å². The number of aromatic nitrogens is 3. The summed E-state index contributed by atoms with van der Waals surface area (Å²) in [6, 6.07) is 19.5. The van der Waals surface area contributed by atoms with E-state index in [9.17, 15) is 18.0 Å². The number of hydrogen-bond acceptors (Lipinski definition) is 5. The van der Waals surface area contributed by atoms with Gasteiger partial charge in [-0.05, 0) is 35.9 Å². The highest BCUT2D eigenvalue weighted by atomic mass is 19.4. The van der Waals surface area contributed by atoms with Gasteiger partial charge >= 0.3 is 6.18 Å². The largest absolute Gasteiger partial charge is 0.496 e. The molecule has 4 rings (SSSR count). The zero-order valence-electron chi connectivity index (χ0n) is 18.6. The van der Waals surface area contributed by atoms with Gasteiger partial charge in [0.05, 0.1) is 18.4 Å². The van der Waals surface area contributed by atoms with Gasteiger partial charge in [-0.2, -0.15) is 18.3 Å². The van der Waals surface area contributed by atoms with E-state index in [0.29, 0.717) is 28.1 Å². The molecule has 0 aliphatic carbocycles. The second-order valence-corrected chi connectivity index (χ2v) is 7.46. The number of carbonyl (C=O) groups excluding carboxylic acids is 1. The lowest BCUT2D eigenvalue weighted by Gasteiger charge is -2.10. The number of carbonyl (C=O) groups is 1. The van der Waals surface area contributed by atoms with Crippen LogP contribution in [0.1, 0.15) is 15.9 Å². The van der Waals surface area contributed by atoms with Gasteiger partial charge in [-0.1, -0.05) is 30.3 Å². The van der Waals surface area contributed by atoms with Crippen molar-refractivity contribution in [2.75, 3.05) is 13.7 Å². The third kappa shape index (κ3) is 5.97. The number of rotatable bonds is 8. The molecule has 0 aliphatic heterocycles. The fraction of sp³-hybridized carbons (Fsp3) is 0.160. The molecular weight excluding hydrogens is 461 g/mol. The predicted octanol–water partition coefficient (Wildman–Crippen LogP) is 4.81. The van der Waals surface area contributed by atoms with Crippen LogP contribution in [-0.2, 0) is 6.54 Å². The number of pyridine rings is 1. The monoisotopic (exact) mass is 482 g/mol. The van der Waals surface area contributed by atoms with Crippen molar-refractivity contribution in [2.24, 2.45) is 0 Å². The Morgan fingerprint density at radius 2 is 1.80 bits per heavy atom. The maximum absolute atomic E-state index is 13.2. The first kappa shape index (κ1) is 23.8. The van der Waals surface area contributed by atoms with E-state index in [1.165, 1.54) is 19.4 Å². The summed E-state index contributed by atoms with van der Waals surface area (Å²) < 4.78 is 49.0. The van der Waals surface area contributed by atoms with Crippen molar-refractivity contribution in [2.45, 2.75) is 12.7 Å². The average Bonchev–Trinajstić information content (AvgIpc) is 3.32. The van der Waals surface area contributed by atoms with Gasteiger partial charge in [0, 0.05) is 30.6 Å². The standard InChI is InChI=1S/C25H21F3N4O3/c1-34-21-10-6-5-9-19(21)23-20(15-32(31-23)18-7-3-2-4-8-18)24(33)30-14-17-11-12-29-22(13-17)35-16-25(26,27)28/h2-13,15H,14,16H2,1H3,(H,30,33). The van der Waals surface area contributed by atoms with Crippen LogP contribution in [-0.4, -0.2) is 40.6 Å². The number of ether oxygens (including phenoxy) is 2. The highest BCUT2D eigenvalue weighted by Gasteiger charge is 2.28. The summed E-state index contributed by atoms with van der Waals surface area (Å²) in [5, 5.41) is 7.42. The van der Waals surface area contributed by atoms with Crippen molar-refractivity contribution in [1.29, 1.82) is 0 Å². The van der Waals surface area contributed by atoms with Gasteiger partial charge in [0.2, 0.25) is 5.88 Å². The van der Waals surface area contributed by atoms with Gasteiger partial charge < -0.3 is 14.8 Å². The molecule has 2 heterocycles. The lowest BCUT2D eigenvalue weighted by atomic mass is 10.1. The number of benzene rings is 2. The van der Waals surface area contributed by atoms with E-state index in [-0.39, 0.29) is 12.4 Å². The minimum absolute atomic E-state index is 0.0472. The first-order valence-corrected chi connectivity index (χ1v) is 10.6. The van der Waals surface area contributed by atoms with Gasteiger partial charge in [-0.15, -0.1) is 0 Å². The molecule has 0 unspecified atom stereocenters. The SMILES string of the molecule is COc1ccccc1-c1nn(-c2ccccc2)cc1C(=O)NCc1ccnc(OCC(F)(F)F)c1. The Bertz CT molecular complexity index is 1310. The van der Waals surface area contributed by atoms with Crippen molar-refractivity contribution in [3.05, 3.63) is 90.3 Å². The van der Waals surface area contributed by atoms with E-state index in [4.69, 9.17) is 4.74 Å². The number of para-hydroxylation sites is 2. The van der Waals surface area contributed by atoms with Crippen molar-refractivity contribution in [1.82, 2.24) is 20.1 Å². The van der Waals surface area contributed by atoms with Crippen molar-refractivity contribution >= 4 is 5.91 Å². The average molecular weight is 482 g/mol. The summed E-state index contributed by atoms with van der Waals surface area (Å²) >= 11 is 0. The molecule has 0 fully saturated rings. The molecule has 0 aliphatic rings. The van der Waals surface area contributed by atoms with Crippen LogP contribution in [0.15, 0.2) is 79.1 Å². The van der Waals surface area contributed by atoms with Gasteiger partial charge in [0.25, 0.3) is 5.91 Å². The van der Waals surface area contributed by atoms with Crippen LogP contribution in [0.25, 0.3) is 16.9 Å². The lowest BCUT2D eigenvalue weighted by Crippen LogP contribution is -2.23. The molecular formula is C25H21F3N4O3. The topological polar surface area (TPSA) is 78.3 Å². The van der Waals surface area contributed by atoms with E-state index in [1.807, 2.05) is 42.5 Å². The highest BCUT2D eigenvalue weighted by molar-refractivity contribution is 6.00. The number of amides is 1.